The van der Waals surface area contributed by atoms with Gasteiger partial charge in [-0.15, -0.1) is 0 Å². The van der Waals surface area contributed by atoms with Crippen LogP contribution in [-0.4, -0.2) is 37.2 Å². The number of benzene rings is 3. The van der Waals surface area contributed by atoms with Crippen LogP contribution < -0.4 is 5.43 Å². The fraction of sp³-hybridized carbons (Fsp3) is 0. The number of nitrogens with zero attached hydrogens (tertiary/aromatic N) is 3. The highest BCUT2D eigenvalue weighted by Crippen LogP contribution is 2.36. The lowest BCUT2D eigenvalue weighted by Crippen LogP contribution is -2.18. The number of para-hydroxylation sites is 1. The lowest BCUT2D eigenvalue weighted by atomic mass is 10.1. The van der Waals surface area contributed by atoms with Crippen LogP contribution >= 0.6 is 0 Å². The number of nitrogens with one attached hydrogen (secondary N) is 1. The van der Waals surface area contributed by atoms with Gasteiger partial charge in [-0.1, -0.05) is 48.5 Å². The van der Waals surface area contributed by atoms with Gasteiger partial charge in [-0.25, -0.2) is 10.1 Å². The second-order valence-electron chi connectivity index (χ2n) is 6.61. The molecule has 0 spiro atoms. The molecule has 154 valence electrons. The Hall–Kier alpha value is -4.59. The molecule has 0 atom stereocenters. The highest BCUT2D eigenvalue weighted by atomic mass is 16.3. The molecule has 8 nitrogen and oxygen atoms in total. The normalized spacial score (nSPS) is 11.0. The zero-order valence-corrected chi connectivity index (χ0v) is 16.2. The zero-order chi connectivity index (χ0) is 21.8. The van der Waals surface area contributed by atoms with E-state index in [1.54, 1.807) is 10.9 Å². The van der Waals surface area contributed by atoms with Crippen LogP contribution in [0.2, 0.25) is 0 Å². The van der Waals surface area contributed by atoms with Crippen molar-refractivity contribution in [2.24, 2.45) is 5.10 Å². The van der Waals surface area contributed by atoms with Gasteiger partial charge in [0.1, 0.15) is 5.69 Å². The van der Waals surface area contributed by atoms with Crippen LogP contribution in [0.1, 0.15) is 15.9 Å². The van der Waals surface area contributed by atoms with E-state index in [4.69, 9.17) is 0 Å². The highest BCUT2D eigenvalue weighted by Gasteiger charge is 2.18. The molecule has 8 heteroatoms. The SMILES string of the molecule is O=C(N/N=C/c1ccc(O)c(O)c1O)c1cn(-c2ccccc2)nc1-c1ccccc1. The second kappa shape index (κ2) is 8.42. The molecule has 4 aromatic rings. The van der Waals surface area contributed by atoms with Crippen molar-refractivity contribution in [1.82, 2.24) is 15.2 Å². The van der Waals surface area contributed by atoms with Crippen molar-refractivity contribution in [2.45, 2.75) is 0 Å². The molecule has 0 fully saturated rings. The average Bonchev–Trinajstić information content (AvgIpc) is 3.26. The summed E-state index contributed by atoms with van der Waals surface area (Å²) in [6, 6.07) is 21.3. The van der Waals surface area contributed by atoms with E-state index in [-0.39, 0.29) is 5.56 Å². The molecule has 0 radical (unpaired) electrons. The summed E-state index contributed by atoms with van der Waals surface area (Å²) in [5, 5.41) is 37.3. The molecular weight excluding hydrogens is 396 g/mol. The summed E-state index contributed by atoms with van der Waals surface area (Å²) in [5.74, 6) is -2.16. The number of aromatic hydroxyl groups is 3. The van der Waals surface area contributed by atoms with Gasteiger partial charge in [0.2, 0.25) is 5.75 Å². The third-order valence-corrected chi connectivity index (χ3v) is 4.56. The van der Waals surface area contributed by atoms with Crippen molar-refractivity contribution in [3.63, 3.8) is 0 Å². The first kappa shape index (κ1) is 19.7. The number of amides is 1. The zero-order valence-electron chi connectivity index (χ0n) is 16.2. The summed E-state index contributed by atoms with van der Waals surface area (Å²) in [6.07, 6.45) is 2.78. The first-order valence-electron chi connectivity index (χ1n) is 9.32. The Morgan fingerprint density at radius 2 is 1.58 bits per heavy atom. The van der Waals surface area contributed by atoms with E-state index in [1.165, 1.54) is 12.1 Å². The van der Waals surface area contributed by atoms with Crippen molar-refractivity contribution in [3.8, 4) is 34.2 Å². The Balaban J connectivity index is 1.64. The number of hydrogen-bond donors (Lipinski definition) is 4. The van der Waals surface area contributed by atoms with Crippen molar-refractivity contribution in [3.05, 3.63) is 90.1 Å². The molecule has 31 heavy (non-hydrogen) atoms. The van der Waals surface area contributed by atoms with Crippen molar-refractivity contribution < 1.29 is 20.1 Å². The Kier molecular flexibility index (Phi) is 5.35. The van der Waals surface area contributed by atoms with Crippen LogP contribution in [0.4, 0.5) is 0 Å². The van der Waals surface area contributed by atoms with E-state index in [0.29, 0.717) is 11.3 Å². The number of hydrazone groups is 1. The molecule has 1 heterocycles. The topological polar surface area (TPSA) is 120 Å². The first-order chi connectivity index (χ1) is 15.0. The van der Waals surface area contributed by atoms with E-state index in [2.05, 4.69) is 15.6 Å². The molecular formula is C23H18N4O4. The minimum absolute atomic E-state index is 0.124. The minimum Gasteiger partial charge on any atom is -0.504 e. The number of hydrogen-bond acceptors (Lipinski definition) is 6. The predicted octanol–water partition coefficient (Wildman–Crippen LogP) is 3.42. The van der Waals surface area contributed by atoms with Crippen LogP contribution in [0.25, 0.3) is 16.9 Å². The summed E-state index contributed by atoms with van der Waals surface area (Å²) in [6.45, 7) is 0. The van der Waals surface area contributed by atoms with Gasteiger partial charge in [-0.3, -0.25) is 4.79 Å². The quantitative estimate of drug-likeness (QED) is 0.227. The monoisotopic (exact) mass is 414 g/mol. The van der Waals surface area contributed by atoms with Crippen LogP contribution in [0.3, 0.4) is 0 Å². The van der Waals surface area contributed by atoms with Crippen molar-refractivity contribution in [1.29, 1.82) is 0 Å². The standard InChI is InChI=1S/C23H18N4O4/c28-19-12-11-16(21(29)22(19)30)13-24-25-23(31)18-14-27(17-9-5-2-6-10-17)26-20(18)15-7-3-1-4-8-15/h1-14,28-30H,(H,25,31)/b24-13+. The minimum atomic E-state index is -0.661. The molecule has 4 rings (SSSR count). The summed E-state index contributed by atoms with van der Waals surface area (Å²) >= 11 is 0. The van der Waals surface area contributed by atoms with E-state index >= 15 is 0 Å². The molecule has 0 saturated heterocycles. The Morgan fingerprint density at radius 1 is 0.903 bits per heavy atom. The number of rotatable bonds is 5. The highest BCUT2D eigenvalue weighted by molar-refractivity contribution is 6.00. The van der Waals surface area contributed by atoms with E-state index in [0.717, 1.165) is 17.5 Å². The van der Waals surface area contributed by atoms with Crippen LogP contribution in [0.15, 0.2) is 84.1 Å². The maximum atomic E-state index is 12.8. The number of phenols is 3. The van der Waals surface area contributed by atoms with Gasteiger partial charge >= 0.3 is 0 Å². The van der Waals surface area contributed by atoms with E-state index in [1.807, 2.05) is 60.7 Å². The molecule has 0 saturated carbocycles. The maximum absolute atomic E-state index is 12.8. The van der Waals surface area contributed by atoms with Crippen LogP contribution in [0.5, 0.6) is 17.2 Å². The summed E-state index contributed by atoms with van der Waals surface area (Å²) in [5.41, 5.74) is 4.90. The lowest BCUT2D eigenvalue weighted by Gasteiger charge is -2.04. The van der Waals surface area contributed by atoms with Gasteiger partial charge < -0.3 is 15.3 Å². The summed E-state index contributed by atoms with van der Waals surface area (Å²) in [4.78, 5) is 12.8. The van der Waals surface area contributed by atoms with Crippen molar-refractivity contribution >= 4 is 12.1 Å². The lowest BCUT2D eigenvalue weighted by molar-refractivity contribution is 0.0955. The Morgan fingerprint density at radius 3 is 2.29 bits per heavy atom. The van der Waals surface area contributed by atoms with E-state index < -0.39 is 23.2 Å². The van der Waals surface area contributed by atoms with Gasteiger partial charge in [0, 0.05) is 17.3 Å². The fourth-order valence-electron chi connectivity index (χ4n) is 2.97. The molecule has 3 aromatic carbocycles. The largest absolute Gasteiger partial charge is 0.504 e. The van der Waals surface area contributed by atoms with Crippen molar-refractivity contribution in [2.75, 3.05) is 0 Å². The third kappa shape index (κ3) is 4.08. The fourth-order valence-corrected chi connectivity index (χ4v) is 2.97. The molecule has 0 aliphatic rings. The van der Waals surface area contributed by atoms with Crippen LogP contribution in [-0.2, 0) is 0 Å². The summed E-state index contributed by atoms with van der Waals surface area (Å²) < 4.78 is 1.62. The van der Waals surface area contributed by atoms with Gasteiger partial charge in [0.15, 0.2) is 11.5 Å². The molecule has 1 aromatic heterocycles. The third-order valence-electron chi connectivity index (χ3n) is 4.56. The molecule has 0 bridgehead atoms. The molecule has 0 aliphatic heterocycles. The molecule has 0 unspecified atom stereocenters. The maximum Gasteiger partial charge on any atom is 0.275 e. The molecule has 0 aliphatic carbocycles. The molecule has 4 N–H and O–H groups in total. The van der Waals surface area contributed by atoms with E-state index in [9.17, 15) is 20.1 Å². The Bertz CT molecular complexity index is 1250. The number of aromatic nitrogens is 2. The Labute approximate surface area is 177 Å². The smallest absolute Gasteiger partial charge is 0.275 e. The number of carbonyl (C=O) groups is 1. The van der Waals surface area contributed by atoms with Gasteiger partial charge in [0.05, 0.1) is 17.5 Å². The average molecular weight is 414 g/mol. The number of carbonyl (C=O) groups excluding carboxylic acids is 1. The van der Waals surface area contributed by atoms with Gasteiger partial charge in [-0.05, 0) is 24.3 Å². The van der Waals surface area contributed by atoms with Gasteiger partial charge in [-0.2, -0.15) is 10.2 Å². The molecule has 1 amide bonds. The summed E-state index contributed by atoms with van der Waals surface area (Å²) in [7, 11) is 0. The number of phenolic OH excluding ortho intramolecular Hbond substituents is 3. The second-order valence-corrected chi connectivity index (χ2v) is 6.61. The van der Waals surface area contributed by atoms with Crippen LogP contribution in [0, 0.1) is 0 Å². The first-order valence-corrected chi connectivity index (χ1v) is 9.32. The predicted molar refractivity (Wildman–Crippen MR) is 115 cm³/mol. The van der Waals surface area contributed by atoms with Gasteiger partial charge in [0.25, 0.3) is 5.91 Å².